The Morgan fingerprint density at radius 1 is 1.41 bits per heavy atom. The summed E-state index contributed by atoms with van der Waals surface area (Å²) in [4.78, 5) is 25.6. The van der Waals surface area contributed by atoms with Gasteiger partial charge in [0.2, 0.25) is 5.91 Å². The molecular weight excluding hydrogens is 507 g/mol. The zero-order valence-electron chi connectivity index (χ0n) is 16.1. The number of nitrogens with one attached hydrogen (secondary N) is 1. The Bertz CT molecular complexity index is 946. The van der Waals surface area contributed by atoms with Crippen LogP contribution in [0.1, 0.15) is 31.9 Å². The van der Waals surface area contributed by atoms with Gasteiger partial charge in [-0.15, -0.1) is 11.8 Å². The maximum atomic E-state index is 13.0. The van der Waals surface area contributed by atoms with E-state index >= 15 is 0 Å². The third-order valence-corrected chi connectivity index (χ3v) is 7.75. The average molecular weight is 530 g/mol. The van der Waals surface area contributed by atoms with Crippen LogP contribution in [0.3, 0.4) is 0 Å². The average Bonchev–Trinajstić information content (AvgIpc) is 3.32. The number of carbonyl (C=O) groups is 2. The molecule has 10 heteroatoms. The second-order valence-corrected chi connectivity index (χ2v) is 9.61. The number of thioether (sulfide) groups is 1. The van der Waals surface area contributed by atoms with Gasteiger partial charge in [-0.3, -0.25) is 4.79 Å². The number of fused-ring (bicyclic) bond motifs is 1. The first-order valence-electron chi connectivity index (χ1n) is 9.57. The number of hydrogen-bond donors (Lipinski definition) is 2. The molecule has 4 rings (SSSR count). The molecule has 0 spiro atoms. The molecule has 1 aromatic heterocycles. The number of hydrogen-bond acceptors (Lipinski definition) is 5. The van der Waals surface area contributed by atoms with Gasteiger partial charge in [0.05, 0.1) is 5.52 Å². The van der Waals surface area contributed by atoms with Crippen LogP contribution in [0.5, 0.6) is 0 Å². The van der Waals surface area contributed by atoms with Crippen molar-refractivity contribution in [2.24, 2.45) is 0 Å². The lowest BCUT2D eigenvalue weighted by atomic mass is 10.1. The van der Waals surface area contributed by atoms with Crippen molar-refractivity contribution in [2.75, 3.05) is 31.3 Å². The molecule has 0 bridgehead atoms. The van der Waals surface area contributed by atoms with Crippen molar-refractivity contribution in [1.29, 1.82) is 0 Å². The van der Waals surface area contributed by atoms with E-state index in [4.69, 9.17) is 4.74 Å². The number of carbonyl (C=O) groups excluding carboxylic acids is 1. The molecule has 29 heavy (non-hydrogen) atoms. The SMILES string of the molecule is CS[C@@]1(C(=O)Nc2ccc3c(c2)c(I)nn3C2CCCCO2)CCN(C(=O)O)C1. The molecule has 2 aliphatic rings. The van der Waals surface area contributed by atoms with Gasteiger partial charge in [0.25, 0.3) is 0 Å². The molecule has 2 amide bonds. The molecule has 2 N–H and O–H groups in total. The van der Waals surface area contributed by atoms with Gasteiger partial charge in [0.15, 0.2) is 6.23 Å². The van der Waals surface area contributed by atoms with Crippen LogP contribution in [0.25, 0.3) is 10.9 Å². The number of carboxylic acid groups (broad SMARTS) is 1. The number of rotatable bonds is 4. The molecule has 0 aliphatic carbocycles. The predicted octanol–water partition coefficient (Wildman–Crippen LogP) is 3.76. The van der Waals surface area contributed by atoms with Crippen molar-refractivity contribution in [1.82, 2.24) is 14.7 Å². The standard InChI is InChI=1S/C19H23IN4O4S/c1-29-19(7-8-23(11-19)18(26)27)17(25)21-12-5-6-14-13(10-12)16(20)22-24(14)15-4-2-3-9-28-15/h5-6,10,15H,2-4,7-9,11H2,1H3,(H,21,25)(H,26,27)/t15?,19-/m0/s1. The molecule has 8 nitrogen and oxygen atoms in total. The first-order chi connectivity index (χ1) is 13.9. The first-order valence-corrected chi connectivity index (χ1v) is 11.9. The van der Waals surface area contributed by atoms with Crippen LogP contribution in [-0.4, -0.2) is 62.5 Å². The smallest absolute Gasteiger partial charge is 0.407 e. The zero-order valence-corrected chi connectivity index (χ0v) is 19.0. The second kappa shape index (κ2) is 8.31. The number of anilines is 1. The first kappa shape index (κ1) is 20.7. The molecule has 2 saturated heterocycles. The Hall–Kier alpha value is -1.53. The summed E-state index contributed by atoms with van der Waals surface area (Å²) in [6, 6.07) is 5.76. The summed E-state index contributed by atoms with van der Waals surface area (Å²) >= 11 is 3.61. The molecule has 1 aromatic carbocycles. The minimum Gasteiger partial charge on any atom is -0.465 e. The van der Waals surface area contributed by atoms with E-state index in [9.17, 15) is 14.7 Å². The van der Waals surface area contributed by atoms with Gasteiger partial charge in [-0.2, -0.15) is 5.10 Å². The van der Waals surface area contributed by atoms with Crippen LogP contribution in [0.4, 0.5) is 10.5 Å². The Morgan fingerprint density at radius 2 is 2.24 bits per heavy atom. The third-order valence-electron chi connectivity index (χ3n) is 5.65. The molecule has 3 heterocycles. The van der Waals surface area contributed by atoms with E-state index in [0.717, 1.165) is 40.5 Å². The van der Waals surface area contributed by atoms with Crippen molar-refractivity contribution < 1.29 is 19.4 Å². The van der Waals surface area contributed by atoms with E-state index in [2.05, 4.69) is 33.0 Å². The third kappa shape index (κ3) is 3.93. The number of amides is 2. The molecule has 0 radical (unpaired) electrons. The van der Waals surface area contributed by atoms with Crippen LogP contribution < -0.4 is 5.32 Å². The molecule has 0 saturated carbocycles. The van der Waals surface area contributed by atoms with Gasteiger partial charge in [0.1, 0.15) is 8.45 Å². The quantitative estimate of drug-likeness (QED) is 0.585. The minimum absolute atomic E-state index is 0.0459. The molecule has 2 aromatic rings. The Labute approximate surface area is 186 Å². The topological polar surface area (TPSA) is 96.7 Å². The van der Waals surface area contributed by atoms with E-state index in [1.165, 1.54) is 16.7 Å². The maximum absolute atomic E-state index is 13.0. The van der Waals surface area contributed by atoms with Crippen LogP contribution in [0.15, 0.2) is 18.2 Å². The lowest BCUT2D eigenvalue weighted by Crippen LogP contribution is -2.43. The van der Waals surface area contributed by atoms with Crippen LogP contribution in [0, 0.1) is 3.70 Å². The number of aromatic nitrogens is 2. The number of likely N-dealkylation sites (tertiary alicyclic amines) is 1. The second-order valence-electron chi connectivity index (χ2n) is 7.40. The highest BCUT2D eigenvalue weighted by atomic mass is 127. The van der Waals surface area contributed by atoms with Gasteiger partial charge in [-0.1, -0.05) is 0 Å². The summed E-state index contributed by atoms with van der Waals surface area (Å²) in [5, 5.41) is 17.9. The van der Waals surface area contributed by atoms with E-state index < -0.39 is 10.8 Å². The van der Waals surface area contributed by atoms with Crippen molar-refractivity contribution in [2.45, 2.75) is 36.7 Å². The number of nitrogens with zero attached hydrogens (tertiary/aromatic N) is 3. The van der Waals surface area contributed by atoms with Crippen molar-refractivity contribution in [3.05, 3.63) is 21.9 Å². The van der Waals surface area contributed by atoms with Crippen molar-refractivity contribution in [3.8, 4) is 0 Å². The fourth-order valence-electron chi connectivity index (χ4n) is 3.95. The molecule has 1 unspecified atom stereocenters. The number of ether oxygens (including phenoxy) is 1. The fourth-order valence-corrected chi connectivity index (χ4v) is 5.43. The van der Waals surface area contributed by atoms with Crippen LogP contribution in [0.2, 0.25) is 0 Å². The number of benzene rings is 1. The Balaban J connectivity index is 1.56. The summed E-state index contributed by atoms with van der Waals surface area (Å²) in [7, 11) is 0. The van der Waals surface area contributed by atoms with Gasteiger partial charge < -0.3 is 20.1 Å². The predicted molar refractivity (Wildman–Crippen MR) is 120 cm³/mol. The van der Waals surface area contributed by atoms with Crippen molar-refractivity contribution in [3.63, 3.8) is 0 Å². The van der Waals surface area contributed by atoms with E-state index in [1.54, 1.807) is 0 Å². The van der Waals surface area contributed by atoms with Crippen LogP contribution in [-0.2, 0) is 9.53 Å². The highest BCUT2D eigenvalue weighted by Crippen LogP contribution is 2.36. The summed E-state index contributed by atoms with van der Waals surface area (Å²) < 4.78 is 7.91. The monoisotopic (exact) mass is 530 g/mol. The van der Waals surface area contributed by atoms with E-state index in [-0.39, 0.29) is 18.7 Å². The molecule has 2 aliphatic heterocycles. The Kier molecular flexibility index (Phi) is 5.94. The van der Waals surface area contributed by atoms with Crippen molar-refractivity contribution >= 4 is 62.9 Å². The summed E-state index contributed by atoms with van der Waals surface area (Å²) in [5.74, 6) is -0.161. The lowest BCUT2D eigenvalue weighted by Gasteiger charge is -2.25. The highest BCUT2D eigenvalue weighted by Gasteiger charge is 2.45. The van der Waals surface area contributed by atoms with E-state index in [0.29, 0.717) is 18.7 Å². The summed E-state index contributed by atoms with van der Waals surface area (Å²) in [6.07, 6.45) is 4.48. The van der Waals surface area contributed by atoms with Gasteiger partial charge >= 0.3 is 6.09 Å². The van der Waals surface area contributed by atoms with Crippen LogP contribution >= 0.6 is 34.4 Å². The summed E-state index contributed by atoms with van der Waals surface area (Å²) in [6.45, 7) is 1.32. The normalized spacial score (nSPS) is 24.8. The van der Waals surface area contributed by atoms with Gasteiger partial charge in [-0.05, 0) is 72.7 Å². The minimum atomic E-state index is -0.984. The molecule has 2 fully saturated rings. The lowest BCUT2D eigenvalue weighted by molar-refractivity contribution is -0.118. The fraction of sp³-hybridized carbons (Fsp3) is 0.526. The number of halogens is 1. The van der Waals surface area contributed by atoms with Gasteiger partial charge in [0, 0.05) is 30.8 Å². The molecule has 2 atom stereocenters. The van der Waals surface area contributed by atoms with E-state index in [1.807, 2.05) is 29.1 Å². The molecular formula is C19H23IN4O4S. The van der Waals surface area contributed by atoms with Gasteiger partial charge in [-0.25, -0.2) is 9.48 Å². The summed E-state index contributed by atoms with van der Waals surface area (Å²) in [5.41, 5.74) is 1.67. The molecule has 156 valence electrons. The Morgan fingerprint density at radius 3 is 2.90 bits per heavy atom. The maximum Gasteiger partial charge on any atom is 0.407 e. The highest BCUT2D eigenvalue weighted by molar-refractivity contribution is 14.1. The zero-order chi connectivity index (χ0) is 20.6. The largest absolute Gasteiger partial charge is 0.465 e.